The van der Waals surface area contributed by atoms with Gasteiger partial charge in [-0.15, -0.1) is 0 Å². The molecule has 0 bridgehead atoms. The van der Waals surface area contributed by atoms with Gasteiger partial charge in [-0.3, -0.25) is 9.78 Å². The number of anilines is 1. The molecule has 1 atom stereocenters. The molecule has 2 N–H and O–H groups in total. The van der Waals surface area contributed by atoms with Crippen LogP contribution < -0.4 is 5.32 Å². The molecule has 2 aromatic rings. The first-order valence-corrected chi connectivity index (χ1v) is 13.0. The molecule has 1 amide bonds. The van der Waals surface area contributed by atoms with Crippen LogP contribution in [0.1, 0.15) is 118 Å². The molecule has 186 valence electrons. The summed E-state index contributed by atoms with van der Waals surface area (Å²) in [5.41, 5.74) is 5.09. The molecule has 6 heteroatoms. The predicted octanol–water partition coefficient (Wildman–Crippen LogP) is 6.38. The van der Waals surface area contributed by atoms with Crippen molar-refractivity contribution in [3.8, 4) is 0 Å². The van der Waals surface area contributed by atoms with Crippen molar-refractivity contribution in [2.75, 3.05) is 11.9 Å². The fourth-order valence-electron chi connectivity index (χ4n) is 5.59. The minimum atomic E-state index is -0.0515. The molecule has 0 saturated heterocycles. The van der Waals surface area contributed by atoms with E-state index in [-0.39, 0.29) is 18.4 Å². The monoisotopic (exact) mass is 467 g/mol. The number of aliphatic hydroxyl groups excluding tert-OH is 1. The molecule has 0 aromatic carbocycles. The lowest BCUT2D eigenvalue weighted by atomic mass is 9.66. The number of carbonyl (C=O) groups excluding carboxylic acids is 1. The van der Waals surface area contributed by atoms with Crippen LogP contribution in [-0.4, -0.2) is 27.8 Å². The van der Waals surface area contributed by atoms with Crippen LogP contribution in [0, 0.1) is 25.2 Å². The third-order valence-electron chi connectivity index (χ3n) is 7.31. The quantitative estimate of drug-likeness (QED) is 0.423. The predicted molar refractivity (Wildman–Crippen MR) is 134 cm³/mol. The van der Waals surface area contributed by atoms with E-state index in [4.69, 9.17) is 4.52 Å². The molecular weight excluding hydrogens is 426 g/mol. The van der Waals surface area contributed by atoms with E-state index < -0.39 is 0 Å². The van der Waals surface area contributed by atoms with Gasteiger partial charge in [0, 0.05) is 36.1 Å². The molecule has 4 rings (SSSR count). The summed E-state index contributed by atoms with van der Waals surface area (Å²) in [6.07, 6.45) is 7.63. The number of carbonyl (C=O) groups is 1. The number of nitrogens with zero attached hydrogens (tertiary/aromatic N) is 2. The Morgan fingerprint density at radius 3 is 2.56 bits per heavy atom. The molecule has 0 spiro atoms. The number of aliphatic hydroxyl groups is 1. The molecule has 6 nitrogen and oxygen atoms in total. The van der Waals surface area contributed by atoms with E-state index in [1.165, 1.54) is 37.7 Å². The Kier molecular flexibility index (Phi) is 7.46. The second kappa shape index (κ2) is 10.2. The number of nitrogens with one attached hydrogen (secondary N) is 1. The van der Waals surface area contributed by atoms with Gasteiger partial charge in [0.15, 0.2) is 0 Å². The van der Waals surface area contributed by atoms with E-state index >= 15 is 0 Å². The molecule has 2 fully saturated rings. The Bertz CT molecular complexity index is 997. The van der Waals surface area contributed by atoms with Gasteiger partial charge in [0.25, 0.3) is 0 Å². The summed E-state index contributed by atoms with van der Waals surface area (Å²) in [6, 6.07) is 3.82. The van der Waals surface area contributed by atoms with Crippen LogP contribution in [-0.2, 0) is 4.79 Å². The fraction of sp³-hybridized carbons (Fsp3) is 0.679. The topological polar surface area (TPSA) is 88.2 Å². The van der Waals surface area contributed by atoms with Crippen molar-refractivity contribution in [3.63, 3.8) is 0 Å². The molecular formula is C28H41N3O3. The van der Waals surface area contributed by atoms with Crippen LogP contribution in [0.2, 0.25) is 0 Å². The largest absolute Gasteiger partial charge is 0.396 e. The smallest absolute Gasteiger partial charge is 0.225 e. The van der Waals surface area contributed by atoms with E-state index in [1.807, 2.05) is 26.0 Å². The van der Waals surface area contributed by atoms with Crippen LogP contribution in [0.3, 0.4) is 0 Å². The molecule has 0 aliphatic heterocycles. The molecule has 2 saturated carbocycles. The zero-order valence-electron chi connectivity index (χ0n) is 21.5. The Hall–Kier alpha value is -2.21. The summed E-state index contributed by atoms with van der Waals surface area (Å²) in [4.78, 5) is 17.5. The number of aromatic nitrogens is 2. The van der Waals surface area contributed by atoms with Gasteiger partial charge in [-0.2, -0.15) is 0 Å². The van der Waals surface area contributed by atoms with Gasteiger partial charge in [-0.1, -0.05) is 25.9 Å². The van der Waals surface area contributed by atoms with Gasteiger partial charge in [-0.25, -0.2) is 0 Å². The first-order valence-electron chi connectivity index (χ1n) is 13.0. The Balaban J connectivity index is 1.49. The molecule has 2 aromatic heterocycles. The maximum Gasteiger partial charge on any atom is 0.225 e. The van der Waals surface area contributed by atoms with Crippen molar-refractivity contribution in [1.29, 1.82) is 0 Å². The second-order valence-electron chi connectivity index (χ2n) is 11.8. The van der Waals surface area contributed by atoms with Crippen molar-refractivity contribution >= 4 is 11.6 Å². The Morgan fingerprint density at radius 2 is 1.94 bits per heavy atom. The maximum atomic E-state index is 13.0. The zero-order chi connectivity index (χ0) is 24.5. The van der Waals surface area contributed by atoms with Crippen molar-refractivity contribution in [1.82, 2.24) is 10.1 Å². The van der Waals surface area contributed by atoms with Gasteiger partial charge >= 0.3 is 0 Å². The summed E-state index contributed by atoms with van der Waals surface area (Å²) in [6.45, 7) is 10.9. The number of hydrogen-bond donors (Lipinski definition) is 2. The SMILES string of the molecule is Cc1ccc(NC(=O)C[C@H](CCCO)c2noc([C@H]3C[C@@H](CC(C)(C)C)C3)c2C2CC2)c(C)n1. The lowest BCUT2D eigenvalue weighted by Gasteiger charge is -2.38. The van der Waals surface area contributed by atoms with Crippen molar-refractivity contribution < 1.29 is 14.4 Å². The summed E-state index contributed by atoms with van der Waals surface area (Å²) in [5, 5.41) is 17.1. The first kappa shape index (κ1) is 24.9. The standard InChI is InChI=1S/C28H41N3O3/c1-17-8-11-23(18(2)29-17)30-24(33)15-21(7-6-12-32)26-25(20-9-10-20)27(34-31-26)22-13-19(14-22)16-28(3,4)5/h8,11,19-22,32H,6-7,9-10,12-16H2,1-5H3,(H,30,33)/t19-,21-,22+/m0/s1. The van der Waals surface area contributed by atoms with Gasteiger partial charge in [0.05, 0.1) is 17.1 Å². The highest BCUT2D eigenvalue weighted by Crippen LogP contribution is 2.53. The molecule has 0 radical (unpaired) electrons. The lowest BCUT2D eigenvalue weighted by Crippen LogP contribution is -2.26. The zero-order valence-corrected chi connectivity index (χ0v) is 21.5. The highest BCUT2D eigenvalue weighted by molar-refractivity contribution is 5.91. The maximum absolute atomic E-state index is 13.0. The summed E-state index contributed by atoms with van der Waals surface area (Å²) < 4.78 is 6.02. The van der Waals surface area contributed by atoms with Gasteiger partial charge in [0.2, 0.25) is 5.91 Å². The number of hydrogen-bond acceptors (Lipinski definition) is 5. The van der Waals surface area contributed by atoms with Crippen LogP contribution >= 0.6 is 0 Å². The molecule has 2 aliphatic carbocycles. The van der Waals surface area contributed by atoms with Gasteiger partial charge in [-0.05, 0) is 88.2 Å². The first-order chi connectivity index (χ1) is 16.1. The molecule has 2 heterocycles. The highest BCUT2D eigenvalue weighted by atomic mass is 16.5. The number of amides is 1. The average Bonchev–Trinajstić information content (AvgIpc) is 3.48. The van der Waals surface area contributed by atoms with Crippen molar-refractivity contribution in [3.05, 3.63) is 40.5 Å². The van der Waals surface area contributed by atoms with Crippen LogP contribution in [0.15, 0.2) is 16.7 Å². The normalized spacial score (nSPS) is 21.2. The summed E-state index contributed by atoms with van der Waals surface area (Å²) in [5.74, 6) is 2.71. The third kappa shape index (κ3) is 6.07. The van der Waals surface area contributed by atoms with E-state index in [9.17, 15) is 9.90 Å². The summed E-state index contributed by atoms with van der Waals surface area (Å²) >= 11 is 0. The summed E-state index contributed by atoms with van der Waals surface area (Å²) in [7, 11) is 0. The van der Waals surface area contributed by atoms with Gasteiger partial charge in [0.1, 0.15) is 5.76 Å². The van der Waals surface area contributed by atoms with Crippen molar-refractivity contribution in [2.45, 2.75) is 104 Å². The van der Waals surface area contributed by atoms with Crippen molar-refractivity contribution in [2.24, 2.45) is 11.3 Å². The second-order valence-corrected chi connectivity index (χ2v) is 11.8. The van der Waals surface area contributed by atoms with E-state index in [1.54, 1.807) is 0 Å². The minimum Gasteiger partial charge on any atom is -0.396 e. The fourth-order valence-corrected chi connectivity index (χ4v) is 5.59. The number of rotatable bonds is 10. The number of aryl methyl sites for hydroxylation is 2. The molecule has 34 heavy (non-hydrogen) atoms. The Labute approximate surface area is 203 Å². The third-order valence-corrected chi connectivity index (χ3v) is 7.31. The minimum absolute atomic E-state index is 0.0446. The van der Waals surface area contributed by atoms with Crippen LogP contribution in [0.5, 0.6) is 0 Å². The van der Waals surface area contributed by atoms with Crippen LogP contribution in [0.4, 0.5) is 5.69 Å². The average molecular weight is 468 g/mol. The van der Waals surface area contributed by atoms with E-state index in [0.29, 0.717) is 30.1 Å². The highest BCUT2D eigenvalue weighted by Gasteiger charge is 2.42. The Morgan fingerprint density at radius 1 is 1.21 bits per heavy atom. The van der Waals surface area contributed by atoms with E-state index in [0.717, 1.165) is 40.9 Å². The molecule has 0 unspecified atom stereocenters. The van der Waals surface area contributed by atoms with E-state index in [2.05, 4.69) is 36.2 Å². The van der Waals surface area contributed by atoms with Gasteiger partial charge < -0.3 is 14.9 Å². The van der Waals surface area contributed by atoms with Crippen LogP contribution in [0.25, 0.3) is 0 Å². The molecule has 2 aliphatic rings. The number of pyridine rings is 1. The lowest BCUT2D eigenvalue weighted by molar-refractivity contribution is -0.116.